The van der Waals surface area contributed by atoms with Crippen LogP contribution in [0.25, 0.3) is 0 Å². The van der Waals surface area contributed by atoms with Gasteiger partial charge in [0, 0.05) is 18.4 Å². The molecule has 11 nitrogen and oxygen atoms in total. The fraction of sp³-hybridized carbons (Fsp3) is 0.350. The van der Waals surface area contributed by atoms with Gasteiger partial charge in [-0.05, 0) is 59.3 Å². The quantitative estimate of drug-likeness (QED) is 0.308. The lowest BCUT2D eigenvalue weighted by molar-refractivity contribution is 0.103. The Hall–Kier alpha value is -2.74. The number of hydrogen-bond acceptors (Lipinski definition) is 9. The molecule has 174 valence electrons. The molecule has 0 aromatic carbocycles. The van der Waals surface area contributed by atoms with Gasteiger partial charge in [0.1, 0.15) is 22.4 Å². The Morgan fingerprint density at radius 2 is 2.15 bits per heavy atom. The highest BCUT2D eigenvalue weighted by Gasteiger charge is 2.28. The zero-order chi connectivity index (χ0) is 23.4. The van der Waals surface area contributed by atoms with E-state index in [1.54, 1.807) is 16.9 Å². The molecule has 3 heterocycles. The molecule has 0 saturated heterocycles. The third-order valence-electron chi connectivity index (χ3n) is 5.28. The summed E-state index contributed by atoms with van der Waals surface area (Å²) in [4.78, 5) is 25.7. The van der Waals surface area contributed by atoms with E-state index in [9.17, 15) is 13.2 Å². The third kappa shape index (κ3) is 6.41. The molecule has 1 fully saturated rings. The van der Waals surface area contributed by atoms with Gasteiger partial charge in [-0.3, -0.25) is 13.7 Å². The first-order valence-corrected chi connectivity index (χ1v) is 12.5. The van der Waals surface area contributed by atoms with E-state index in [-0.39, 0.29) is 30.0 Å². The smallest absolute Gasteiger partial charge is 0.333 e. The summed E-state index contributed by atoms with van der Waals surface area (Å²) in [5, 5.41) is 12.6. The molecular formula is C20H22BrN7O4S. The number of carbonyl (C=O) groups excluding carboxylic acids is 1. The van der Waals surface area contributed by atoms with Gasteiger partial charge in [0.05, 0.1) is 24.4 Å². The van der Waals surface area contributed by atoms with Crippen molar-refractivity contribution in [1.82, 2.24) is 24.7 Å². The zero-order valence-electron chi connectivity index (χ0n) is 17.5. The van der Waals surface area contributed by atoms with Gasteiger partial charge in [0.2, 0.25) is 5.78 Å². The molecule has 3 aromatic heterocycles. The van der Waals surface area contributed by atoms with Crippen molar-refractivity contribution >= 4 is 37.8 Å². The summed E-state index contributed by atoms with van der Waals surface area (Å²) < 4.78 is 29.1. The average molecular weight is 536 g/mol. The van der Waals surface area contributed by atoms with Gasteiger partial charge in [0.25, 0.3) is 0 Å². The van der Waals surface area contributed by atoms with Crippen LogP contribution in [0.2, 0.25) is 0 Å². The van der Waals surface area contributed by atoms with Gasteiger partial charge >= 0.3 is 10.3 Å². The number of nitrogens with one attached hydrogen (secondary N) is 1. The Kier molecular flexibility index (Phi) is 7.12. The second-order valence-corrected chi connectivity index (χ2v) is 9.80. The number of rotatable bonds is 9. The van der Waals surface area contributed by atoms with Gasteiger partial charge < -0.3 is 5.32 Å². The highest BCUT2D eigenvalue weighted by molar-refractivity contribution is 9.10. The van der Waals surface area contributed by atoms with Crippen molar-refractivity contribution in [3.05, 3.63) is 64.5 Å². The maximum absolute atomic E-state index is 13.1. The highest BCUT2D eigenvalue weighted by atomic mass is 79.9. The van der Waals surface area contributed by atoms with Crippen LogP contribution in [-0.2, 0) is 21.0 Å². The monoisotopic (exact) mass is 535 g/mol. The Bertz CT molecular complexity index is 1250. The largest absolute Gasteiger partial charge is 0.367 e. The van der Waals surface area contributed by atoms with Gasteiger partial charge in [-0.2, -0.15) is 13.5 Å². The Morgan fingerprint density at radius 3 is 2.94 bits per heavy atom. The summed E-state index contributed by atoms with van der Waals surface area (Å²) in [6.45, 7) is 0.462. The minimum absolute atomic E-state index is 0.0145. The second kappa shape index (κ2) is 10.0. The van der Waals surface area contributed by atoms with Crippen molar-refractivity contribution in [2.45, 2.75) is 31.8 Å². The van der Waals surface area contributed by atoms with Crippen LogP contribution in [0.15, 0.2) is 47.6 Å². The number of ketones is 1. The highest BCUT2D eigenvalue weighted by Crippen LogP contribution is 2.29. The number of halogens is 1. The predicted molar refractivity (Wildman–Crippen MR) is 123 cm³/mol. The molecule has 1 aliphatic carbocycles. The van der Waals surface area contributed by atoms with Crippen LogP contribution < -0.4 is 10.5 Å². The minimum Gasteiger partial charge on any atom is -0.367 e. The predicted octanol–water partition coefficient (Wildman–Crippen LogP) is 1.91. The zero-order valence-corrected chi connectivity index (χ0v) is 19.9. The summed E-state index contributed by atoms with van der Waals surface area (Å²) >= 11 is 3.34. The van der Waals surface area contributed by atoms with E-state index in [0.29, 0.717) is 24.3 Å². The molecule has 1 saturated carbocycles. The molecule has 0 amide bonds. The van der Waals surface area contributed by atoms with E-state index < -0.39 is 10.3 Å². The average Bonchev–Trinajstić information content (AvgIpc) is 3.41. The van der Waals surface area contributed by atoms with Crippen LogP contribution in [0.3, 0.4) is 0 Å². The molecule has 3 aromatic rings. The van der Waals surface area contributed by atoms with Crippen LogP contribution in [0.1, 0.15) is 41.0 Å². The molecule has 2 atom stereocenters. The summed E-state index contributed by atoms with van der Waals surface area (Å²) in [5.74, 6) is 0.159. The van der Waals surface area contributed by atoms with E-state index in [1.807, 2.05) is 18.2 Å². The maximum Gasteiger partial charge on any atom is 0.333 e. The third-order valence-corrected chi connectivity index (χ3v) is 6.18. The fourth-order valence-electron chi connectivity index (χ4n) is 3.77. The van der Waals surface area contributed by atoms with Crippen molar-refractivity contribution in [2.24, 2.45) is 11.1 Å². The molecular weight excluding hydrogens is 514 g/mol. The number of hydrogen-bond donors (Lipinski definition) is 2. The first-order chi connectivity index (χ1) is 15.8. The summed E-state index contributed by atoms with van der Waals surface area (Å²) in [7, 11) is -3.96. The molecule has 0 bridgehead atoms. The first-order valence-electron chi connectivity index (χ1n) is 10.2. The van der Waals surface area contributed by atoms with Crippen LogP contribution in [-0.4, -0.2) is 51.6 Å². The molecule has 3 N–H and O–H groups in total. The molecule has 2 unspecified atom stereocenters. The number of nitrogens with two attached hydrogens (primary N) is 1. The first kappa shape index (κ1) is 23.4. The number of aromatic nitrogens is 5. The van der Waals surface area contributed by atoms with Gasteiger partial charge in [-0.25, -0.2) is 20.1 Å². The lowest BCUT2D eigenvalue weighted by Gasteiger charge is -2.15. The van der Waals surface area contributed by atoms with Crippen molar-refractivity contribution in [1.29, 1.82) is 0 Å². The standard InChI is InChI=1S/C20H22BrN7O4S/c21-18-3-1-2-15(25-18)10-28-7-6-17(27-28)19(29)16-9-23-12-24-20(16)26-14-5-4-13(8-14)11-32-33(22,30)31/h1-3,6-7,9,12-14H,4-5,8,10-11H2,(H2,22,30,31)(H,23,24,26). The van der Waals surface area contributed by atoms with Crippen molar-refractivity contribution in [3.8, 4) is 0 Å². The number of carbonyl (C=O) groups is 1. The van der Waals surface area contributed by atoms with Crippen LogP contribution in [0.4, 0.5) is 5.82 Å². The van der Waals surface area contributed by atoms with E-state index in [1.165, 1.54) is 12.5 Å². The summed E-state index contributed by atoms with van der Waals surface area (Å²) in [5.41, 5.74) is 1.39. The minimum atomic E-state index is -3.96. The summed E-state index contributed by atoms with van der Waals surface area (Å²) in [6.07, 6.45) is 6.78. The van der Waals surface area contributed by atoms with Crippen molar-refractivity contribution in [3.63, 3.8) is 0 Å². The van der Waals surface area contributed by atoms with Crippen molar-refractivity contribution in [2.75, 3.05) is 11.9 Å². The van der Waals surface area contributed by atoms with E-state index >= 15 is 0 Å². The van der Waals surface area contributed by atoms with E-state index in [0.717, 1.165) is 23.1 Å². The van der Waals surface area contributed by atoms with E-state index in [2.05, 4.69) is 41.3 Å². The van der Waals surface area contributed by atoms with Gasteiger partial charge in [-0.15, -0.1) is 0 Å². The molecule has 0 aliphatic heterocycles. The summed E-state index contributed by atoms with van der Waals surface area (Å²) in [6, 6.07) is 7.26. The number of anilines is 1. The fourth-order valence-corrected chi connectivity index (χ4v) is 4.53. The maximum atomic E-state index is 13.1. The molecule has 33 heavy (non-hydrogen) atoms. The van der Waals surface area contributed by atoms with E-state index in [4.69, 9.17) is 9.32 Å². The van der Waals surface area contributed by atoms with Crippen LogP contribution >= 0.6 is 15.9 Å². The molecule has 0 spiro atoms. The lowest BCUT2D eigenvalue weighted by atomic mass is 10.1. The molecule has 1 aliphatic rings. The second-order valence-electron chi connectivity index (χ2n) is 7.76. The Balaban J connectivity index is 1.42. The molecule has 4 rings (SSSR count). The topological polar surface area (TPSA) is 155 Å². The Labute approximate surface area is 199 Å². The number of pyridine rings is 1. The molecule has 0 radical (unpaired) electrons. The molecule has 13 heteroatoms. The Morgan fingerprint density at radius 1 is 1.30 bits per heavy atom. The van der Waals surface area contributed by atoms with Crippen molar-refractivity contribution < 1.29 is 17.4 Å². The van der Waals surface area contributed by atoms with Crippen LogP contribution in [0, 0.1) is 5.92 Å². The lowest BCUT2D eigenvalue weighted by Crippen LogP contribution is -2.22. The SMILES string of the molecule is NS(=O)(=O)OCC1CCC(Nc2ncncc2C(=O)c2ccn(Cc3cccc(Br)n3)n2)C1. The normalized spacial score (nSPS) is 18.4. The van der Waals surface area contributed by atoms with Crippen LogP contribution in [0.5, 0.6) is 0 Å². The van der Waals surface area contributed by atoms with Gasteiger partial charge in [0.15, 0.2) is 0 Å². The number of nitrogens with zero attached hydrogens (tertiary/aromatic N) is 5. The van der Waals surface area contributed by atoms with Gasteiger partial charge in [-0.1, -0.05) is 6.07 Å².